The first kappa shape index (κ1) is 9.66. The summed E-state index contributed by atoms with van der Waals surface area (Å²) < 4.78 is 5.31. The van der Waals surface area contributed by atoms with E-state index in [1.807, 2.05) is 18.2 Å². The van der Waals surface area contributed by atoms with Gasteiger partial charge in [-0.3, -0.25) is 0 Å². The Hall–Kier alpha value is -1.55. The number of oxime groups is 1. The summed E-state index contributed by atoms with van der Waals surface area (Å²) in [5.41, 5.74) is 1.95. The first-order valence-electron chi connectivity index (χ1n) is 5.71. The summed E-state index contributed by atoms with van der Waals surface area (Å²) in [4.78, 5) is 1.41. The van der Waals surface area contributed by atoms with Gasteiger partial charge >= 0.3 is 0 Å². The van der Waals surface area contributed by atoms with Crippen molar-refractivity contribution in [2.75, 3.05) is 13.1 Å². The molecule has 4 heteroatoms. The van der Waals surface area contributed by atoms with Gasteiger partial charge in [0.25, 0.3) is 0 Å². The predicted molar refractivity (Wildman–Crippen MR) is 59.3 cm³/mol. The van der Waals surface area contributed by atoms with Crippen LogP contribution in [0.2, 0.25) is 0 Å². The predicted octanol–water partition coefficient (Wildman–Crippen LogP) is 0.759. The van der Waals surface area contributed by atoms with E-state index in [-0.39, 0.29) is 0 Å². The van der Waals surface area contributed by atoms with Gasteiger partial charge in [-0.25, -0.2) is 0 Å². The Morgan fingerprint density at radius 3 is 2.88 bits per heavy atom. The first-order valence-corrected chi connectivity index (χ1v) is 5.71. The molecule has 3 aliphatic rings. The molecule has 84 valence electrons. The van der Waals surface area contributed by atoms with Gasteiger partial charge in [0, 0.05) is 24.8 Å². The van der Waals surface area contributed by atoms with Gasteiger partial charge in [0.15, 0.2) is 5.70 Å². The van der Waals surface area contributed by atoms with Crippen LogP contribution >= 0.6 is 0 Å². The molecule has 3 aliphatic heterocycles. The smallest absolute Gasteiger partial charge is 0.160 e. The maximum absolute atomic E-state index is 9.12. The Morgan fingerprint density at radius 1 is 1.44 bits per heavy atom. The van der Waals surface area contributed by atoms with Crippen LogP contribution < -0.4 is 4.90 Å². The lowest BCUT2D eigenvalue weighted by Crippen LogP contribution is -3.14. The van der Waals surface area contributed by atoms with Crippen LogP contribution in [0.1, 0.15) is 18.6 Å². The molecule has 4 heterocycles. The number of nitrogens with zero attached hydrogens (tertiary/aromatic N) is 1. The van der Waals surface area contributed by atoms with Crippen LogP contribution in [0, 0.1) is 5.92 Å². The van der Waals surface area contributed by atoms with Gasteiger partial charge in [-0.15, -0.1) is 0 Å². The first-order chi connectivity index (χ1) is 7.88. The second-order valence-corrected chi connectivity index (χ2v) is 4.44. The van der Waals surface area contributed by atoms with Crippen molar-refractivity contribution < 1.29 is 14.5 Å². The normalized spacial score (nSPS) is 33.8. The Balaban J connectivity index is 1.99. The quantitative estimate of drug-likeness (QED) is 0.541. The highest BCUT2D eigenvalue weighted by molar-refractivity contribution is 6.03. The molecule has 4 rings (SSSR count). The number of hydrogen-bond acceptors (Lipinski definition) is 3. The van der Waals surface area contributed by atoms with Gasteiger partial charge in [0.2, 0.25) is 0 Å². The van der Waals surface area contributed by atoms with Crippen molar-refractivity contribution in [2.45, 2.75) is 12.8 Å². The van der Waals surface area contributed by atoms with Crippen LogP contribution in [0.3, 0.4) is 0 Å². The number of piperidine rings is 3. The molecule has 1 aromatic heterocycles. The number of rotatable bonds is 1. The summed E-state index contributed by atoms with van der Waals surface area (Å²) in [6.07, 6.45) is 5.91. The number of nitrogens with one attached hydrogen (secondary N) is 1. The van der Waals surface area contributed by atoms with Crippen molar-refractivity contribution >= 4 is 11.8 Å². The van der Waals surface area contributed by atoms with Crippen molar-refractivity contribution in [2.24, 2.45) is 11.1 Å². The fourth-order valence-corrected chi connectivity index (χ4v) is 2.74. The van der Waals surface area contributed by atoms with Crippen molar-refractivity contribution in [3.63, 3.8) is 0 Å². The minimum Gasteiger partial charge on any atom is -0.465 e. The van der Waals surface area contributed by atoms with Crippen molar-refractivity contribution in [1.29, 1.82) is 0 Å². The highest BCUT2D eigenvalue weighted by atomic mass is 16.4. The number of quaternary nitrogens is 1. The van der Waals surface area contributed by atoms with Crippen LogP contribution in [0.4, 0.5) is 0 Å². The van der Waals surface area contributed by atoms with E-state index >= 15 is 0 Å². The van der Waals surface area contributed by atoms with E-state index in [0.29, 0.717) is 5.92 Å². The van der Waals surface area contributed by atoms with E-state index < -0.39 is 0 Å². The SMILES string of the molecule is O/N=C1/C(=C/c2ccco2)[NH+]2CCC1CC2. The lowest BCUT2D eigenvalue weighted by molar-refractivity contribution is -0.865. The largest absolute Gasteiger partial charge is 0.465 e. The highest BCUT2D eigenvalue weighted by Gasteiger charge is 2.39. The molecule has 3 saturated heterocycles. The van der Waals surface area contributed by atoms with Gasteiger partial charge in [0.1, 0.15) is 11.5 Å². The summed E-state index contributed by atoms with van der Waals surface area (Å²) in [6, 6.07) is 3.79. The molecule has 1 aromatic rings. The molecule has 0 spiro atoms. The fraction of sp³-hybridized carbons (Fsp3) is 0.417. The molecule has 0 amide bonds. The minimum absolute atomic E-state index is 0.434. The molecule has 2 bridgehead atoms. The van der Waals surface area contributed by atoms with E-state index in [0.717, 1.165) is 43.1 Å². The van der Waals surface area contributed by atoms with Gasteiger partial charge in [-0.05, 0) is 12.1 Å². The Bertz CT molecular complexity index is 426. The fourth-order valence-electron chi connectivity index (χ4n) is 2.74. The van der Waals surface area contributed by atoms with Gasteiger partial charge < -0.3 is 14.5 Å². The summed E-state index contributed by atoms with van der Waals surface area (Å²) in [7, 11) is 0. The molecule has 0 aromatic carbocycles. The van der Waals surface area contributed by atoms with E-state index in [4.69, 9.17) is 9.62 Å². The third-order valence-corrected chi connectivity index (χ3v) is 3.57. The number of furan rings is 1. The van der Waals surface area contributed by atoms with Crippen LogP contribution in [0.25, 0.3) is 6.08 Å². The molecular formula is C12H15N2O2+. The minimum atomic E-state index is 0.434. The van der Waals surface area contributed by atoms with Gasteiger partial charge in [-0.1, -0.05) is 5.16 Å². The van der Waals surface area contributed by atoms with Crippen LogP contribution in [0.5, 0.6) is 0 Å². The van der Waals surface area contributed by atoms with E-state index in [2.05, 4.69) is 5.16 Å². The van der Waals surface area contributed by atoms with Gasteiger partial charge in [-0.2, -0.15) is 0 Å². The number of hydrogen-bond donors (Lipinski definition) is 2. The second kappa shape index (κ2) is 3.79. The summed E-state index contributed by atoms with van der Waals surface area (Å²) >= 11 is 0. The average Bonchev–Trinajstić information content (AvgIpc) is 2.83. The van der Waals surface area contributed by atoms with E-state index in [9.17, 15) is 0 Å². The maximum atomic E-state index is 9.12. The maximum Gasteiger partial charge on any atom is 0.160 e. The average molecular weight is 219 g/mol. The van der Waals surface area contributed by atoms with Crippen molar-refractivity contribution in [3.8, 4) is 0 Å². The molecule has 4 nitrogen and oxygen atoms in total. The molecule has 0 saturated carbocycles. The standard InChI is InChI=1S/C12H14N2O2/c15-13-12-9-3-5-14(6-4-9)11(12)8-10-2-1-7-16-10/h1-2,7-9,15H,3-6H2/p+1/b11-8-,13-12+. The third-order valence-electron chi connectivity index (χ3n) is 3.57. The molecule has 0 unspecified atom stereocenters. The summed E-state index contributed by atoms with van der Waals surface area (Å²) in [6.45, 7) is 2.27. The zero-order valence-corrected chi connectivity index (χ0v) is 9.02. The summed E-state index contributed by atoms with van der Waals surface area (Å²) in [5.74, 6) is 1.26. The molecule has 0 radical (unpaired) electrons. The molecular weight excluding hydrogens is 204 g/mol. The third kappa shape index (κ3) is 1.46. The van der Waals surface area contributed by atoms with Crippen molar-refractivity contribution in [3.05, 3.63) is 29.9 Å². The Kier molecular flexibility index (Phi) is 2.29. The zero-order valence-electron chi connectivity index (χ0n) is 9.02. The van der Waals surface area contributed by atoms with Crippen LogP contribution in [-0.4, -0.2) is 24.0 Å². The molecule has 16 heavy (non-hydrogen) atoms. The monoisotopic (exact) mass is 219 g/mol. The zero-order chi connectivity index (χ0) is 11.0. The highest BCUT2D eigenvalue weighted by Crippen LogP contribution is 2.22. The number of allylic oxidation sites excluding steroid dienone is 1. The van der Waals surface area contributed by atoms with Gasteiger partial charge in [0.05, 0.1) is 19.4 Å². The second-order valence-electron chi connectivity index (χ2n) is 4.44. The number of fused-ring (bicyclic) bond motifs is 3. The Morgan fingerprint density at radius 2 is 2.25 bits per heavy atom. The summed E-state index contributed by atoms with van der Waals surface area (Å²) in [5, 5.41) is 12.6. The molecule has 0 atom stereocenters. The molecule has 2 N–H and O–H groups in total. The Labute approximate surface area is 93.8 Å². The van der Waals surface area contributed by atoms with Crippen molar-refractivity contribution in [1.82, 2.24) is 0 Å². The topological polar surface area (TPSA) is 50.2 Å². The molecule has 3 fully saturated rings. The van der Waals surface area contributed by atoms with Crippen LogP contribution in [-0.2, 0) is 0 Å². The van der Waals surface area contributed by atoms with E-state index in [1.54, 1.807) is 6.26 Å². The lowest BCUT2D eigenvalue weighted by Gasteiger charge is -2.37. The van der Waals surface area contributed by atoms with Crippen LogP contribution in [0.15, 0.2) is 33.7 Å². The lowest BCUT2D eigenvalue weighted by atomic mass is 9.84. The van der Waals surface area contributed by atoms with E-state index in [1.165, 1.54) is 4.90 Å². The molecule has 0 aliphatic carbocycles.